The Kier molecular flexibility index (Phi) is 4.93. The third-order valence-electron chi connectivity index (χ3n) is 5.06. The highest BCUT2D eigenvalue weighted by atomic mass is 16.6. The molecule has 8 nitrogen and oxygen atoms in total. The molecule has 0 radical (unpaired) electrons. The first-order valence-corrected chi connectivity index (χ1v) is 8.16. The van der Waals surface area contributed by atoms with Gasteiger partial charge in [0.1, 0.15) is 18.3 Å². The zero-order chi connectivity index (χ0) is 17.4. The molecule has 0 amide bonds. The highest BCUT2D eigenvalue weighted by molar-refractivity contribution is 5.73. The lowest BCUT2D eigenvalue weighted by atomic mass is 9.96. The van der Waals surface area contributed by atoms with Gasteiger partial charge in [-0.2, -0.15) is 0 Å². The molecular weight excluding hydrogens is 316 g/mol. The summed E-state index contributed by atoms with van der Waals surface area (Å²) in [6.45, 7) is 1.50. The van der Waals surface area contributed by atoms with Crippen LogP contribution >= 0.6 is 0 Å². The van der Waals surface area contributed by atoms with Gasteiger partial charge in [0.25, 0.3) is 0 Å². The van der Waals surface area contributed by atoms with E-state index in [2.05, 4.69) is 11.9 Å². The Hall–Kier alpha value is -1.45. The fourth-order valence-corrected chi connectivity index (χ4v) is 3.70. The lowest BCUT2D eigenvalue weighted by Gasteiger charge is -2.44. The maximum absolute atomic E-state index is 11.2. The normalized spacial score (nSPS) is 40.7. The van der Waals surface area contributed by atoms with Gasteiger partial charge in [-0.25, -0.2) is 4.79 Å². The summed E-state index contributed by atoms with van der Waals surface area (Å²) >= 11 is 0. The minimum atomic E-state index is -1.67. The molecule has 4 N–H and O–H groups in total. The fourth-order valence-electron chi connectivity index (χ4n) is 3.70. The van der Waals surface area contributed by atoms with Crippen LogP contribution in [0.25, 0.3) is 0 Å². The number of likely N-dealkylation sites (tertiary alicyclic amines) is 1. The van der Waals surface area contributed by atoms with Crippen LogP contribution < -0.4 is 0 Å². The second-order valence-electron chi connectivity index (χ2n) is 6.65. The Labute approximate surface area is 140 Å². The molecule has 24 heavy (non-hydrogen) atoms. The van der Waals surface area contributed by atoms with E-state index in [-0.39, 0.29) is 0 Å². The Balaban J connectivity index is 1.75. The molecule has 134 valence electrons. The third-order valence-corrected chi connectivity index (χ3v) is 5.06. The number of allylic oxidation sites excluding steroid dienone is 2. The first kappa shape index (κ1) is 17.4. The van der Waals surface area contributed by atoms with Gasteiger partial charge in [0.2, 0.25) is 0 Å². The van der Waals surface area contributed by atoms with Gasteiger partial charge >= 0.3 is 5.97 Å². The van der Waals surface area contributed by atoms with Crippen LogP contribution in [-0.2, 0) is 9.53 Å². The van der Waals surface area contributed by atoms with Crippen molar-refractivity contribution >= 4 is 5.97 Å². The summed E-state index contributed by atoms with van der Waals surface area (Å²) in [5.74, 6) is -1.37. The van der Waals surface area contributed by atoms with Crippen molar-refractivity contribution in [1.29, 1.82) is 0 Å². The average molecular weight is 340 g/mol. The summed E-state index contributed by atoms with van der Waals surface area (Å²) in [5, 5.41) is 39.1. The number of aliphatic hydroxyl groups excluding tert-OH is 3. The van der Waals surface area contributed by atoms with Crippen LogP contribution in [0.1, 0.15) is 12.8 Å². The molecule has 3 heterocycles. The van der Waals surface area contributed by atoms with E-state index < -0.39 is 36.6 Å². The molecule has 3 aliphatic heterocycles. The van der Waals surface area contributed by atoms with Crippen molar-refractivity contribution in [3.63, 3.8) is 0 Å². The van der Waals surface area contributed by atoms with E-state index >= 15 is 0 Å². The maximum Gasteiger partial charge on any atom is 0.335 e. The maximum atomic E-state index is 11.2. The van der Waals surface area contributed by atoms with E-state index in [0.717, 1.165) is 25.0 Å². The number of nitrogens with zero attached hydrogens (tertiary/aromatic N) is 2. The predicted octanol–water partition coefficient (Wildman–Crippen LogP) is -1.27. The summed E-state index contributed by atoms with van der Waals surface area (Å²) in [6, 6.07) is 0.309. The van der Waals surface area contributed by atoms with Gasteiger partial charge in [-0.3, -0.25) is 4.90 Å². The van der Waals surface area contributed by atoms with Gasteiger partial charge in [-0.05, 0) is 38.1 Å². The molecule has 0 aromatic carbocycles. The van der Waals surface area contributed by atoms with Gasteiger partial charge in [0.05, 0.1) is 0 Å². The molecule has 0 bridgehead atoms. The molecule has 6 atom stereocenters. The molecule has 3 rings (SSSR count). The summed E-state index contributed by atoms with van der Waals surface area (Å²) in [5.41, 5.74) is 1.15. The summed E-state index contributed by atoms with van der Waals surface area (Å²) in [6.07, 6.45) is 0.471. The van der Waals surface area contributed by atoms with E-state index in [0.29, 0.717) is 12.6 Å². The quantitative estimate of drug-likeness (QED) is 0.503. The second kappa shape index (κ2) is 6.81. The van der Waals surface area contributed by atoms with Gasteiger partial charge in [-0.1, -0.05) is 6.08 Å². The smallest absolute Gasteiger partial charge is 0.335 e. The fraction of sp³-hybridized carbons (Fsp3) is 0.688. The van der Waals surface area contributed by atoms with Crippen LogP contribution in [0.4, 0.5) is 0 Å². The van der Waals surface area contributed by atoms with E-state index in [4.69, 9.17) is 9.84 Å². The van der Waals surface area contributed by atoms with Crippen LogP contribution in [0.2, 0.25) is 0 Å². The number of carboxylic acid groups (broad SMARTS) is 1. The van der Waals surface area contributed by atoms with Crippen molar-refractivity contribution < 1.29 is 30.0 Å². The van der Waals surface area contributed by atoms with Crippen molar-refractivity contribution in [3.05, 3.63) is 23.9 Å². The molecule has 2 saturated heterocycles. The number of hydrogen-bond donors (Lipinski definition) is 4. The summed E-state index contributed by atoms with van der Waals surface area (Å²) < 4.78 is 5.39. The van der Waals surface area contributed by atoms with E-state index in [1.165, 1.54) is 0 Å². The van der Waals surface area contributed by atoms with Gasteiger partial charge in [0.15, 0.2) is 12.3 Å². The van der Waals surface area contributed by atoms with Crippen molar-refractivity contribution in [2.45, 2.75) is 49.5 Å². The first-order chi connectivity index (χ1) is 11.4. The molecule has 3 aliphatic rings. The average Bonchev–Trinajstić information content (AvgIpc) is 2.99. The van der Waals surface area contributed by atoms with Crippen molar-refractivity contribution in [1.82, 2.24) is 9.80 Å². The molecule has 8 heteroatoms. The van der Waals surface area contributed by atoms with Crippen molar-refractivity contribution in [2.75, 3.05) is 20.1 Å². The second-order valence-corrected chi connectivity index (χ2v) is 6.65. The van der Waals surface area contributed by atoms with E-state index in [1.54, 1.807) is 11.1 Å². The van der Waals surface area contributed by atoms with E-state index in [1.807, 2.05) is 12.2 Å². The third kappa shape index (κ3) is 3.07. The molecule has 2 fully saturated rings. The van der Waals surface area contributed by atoms with Gasteiger partial charge in [-0.15, -0.1) is 0 Å². The highest BCUT2D eigenvalue weighted by Crippen LogP contribution is 2.29. The van der Waals surface area contributed by atoms with E-state index in [9.17, 15) is 20.1 Å². The Morgan fingerprint density at radius 1 is 1.25 bits per heavy atom. The summed E-state index contributed by atoms with van der Waals surface area (Å²) in [7, 11) is 2.06. The zero-order valence-electron chi connectivity index (χ0n) is 13.5. The number of aliphatic hydroxyl groups is 3. The predicted molar refractivity (Wildman–Crippen MR) is 83.9 cm³/mol. The number of likely N-dealkylation sites (N-methyl/N-ethyl adjacent to an activating group) is 1. The van der Waals surface area contributed by atoms with Crippen molar-refractivity contribution in [3.8, 4) is 0 Å². The monoisotopic (exact) mass is 340 g/mol. The number of ether oxygens (including phenoxy) is 1. The molecule has 0 aromatic rings. The SMILES string of the molecule is CN1CCC[C@H]1C1=CC=CN([C@@H]2O[C@@H](C(=O)O)[C@@H](O)[C@@H](O)[C@H]2O)C1. The Morgan fingerprint density at radius 3 is 2.62 bits per heavy atom. The number of aliphatic carboxylic acids is 1. The van der Waals surface area contributed by atoms with Crippen LogP contribution in [0, 0.1) is 0 Å². The number of carboxylic acids is 1. The highest BCUT2D eigenvalue weighted by Gasteiger charge is 2.48. The summed E-state index contributed by atoms with van der Waals surface area (Å²) in [4.78, 5) is 15.2. The minimum Gasteiger partial charge on any atom is -0.479 e. The Bertz CT molecular complexity index is 551. The van der Waals surface area contributed by atoms with Gasteiger partial charge < -0.3 is 30.1 Å². The molecule has 0 aliphatic carbocycles. The minimum absolute atomic E-state index is 0.309. The van der Waals surface area contributed by atoms with Crippen LogP contribution in [-0.4, -0.2) is 93.0 Å². The molecular formula is C16H24N2O6. The molecule has 0 saturated carbocycles. The van der Waals surface area contributed by atoms with Gasteiger partial charge in [0, 0.05) is 18.8 Å². The Morgan fingerprint density at radius 2 is 2.00 bits per heavy atom. The largest absolute Gasteiger partial charge is 0.479 e. The van der Waals surface area contributed by atoms with Crippen LogP contribution in [0.5, 0.6) is 0 Å². The lowest BCUT2D eigenvalue weighted by molar-refractivity contribution is -0.253. The standard InChI is InChI=1S/C16H24N2O6/c1-17-6-3-5-10(17)9-4-2-7-18(8-9)15-13(21)11(19)12(20)14(24-15)16(22)23/h2,4,7,10-15,19-21H,3,5-6,8H2,1H3,(H,22,23)/t10-,11+,12-,13+,14+,15+/m0/s1. The molecule has 0 spiro atoms. The number of carbonyl (C=O) groups is 1. The molecule has 0 aromatic heterocycles. The zero-order valence-corrected chi connectivity index (χ0v) is 13.5. The van der Waals surface area contributed by atoms with Crippen molar-refractivity contribution in [2.24, 2.45) is 0 Å². The number of hydrogen-bond acceptors (Lipinski definition) is 7. The van der Waals surface area contributed by atoms with Crippen LogP contribution in [0.3, 0.4) is 0 Å². The lowest BCUT2D eigenvalue weighted by Crippen LogP contribution is -2.63. The number of rotatable bonds is 3. The van der Waals surface area contributed by atoms with Crippen LogP contribution in [0.15, 0.2) is 23.9 Å². The topological polar surface area (TPSA) is 114 Å². The first-order valence-electron chi connectivity index (χ1n) is 8.16. The molecule has 0 unspecified atom stereocenters.